The van der Waals surface area contributed by atoms with E-state index in [0.29, 0.717) is 35.5 Å². The first-order valence-corrected chi connectivity index (χ1v) is 13.7. The summed E-state index contributed by atoms with van der Waals surface area (Å²) < 4.78 is 47.2. The Kier molecular flexibility index (Phi) is 6.88. The van der Waals surface area contributed by atoms with Crippen molar-refractivity contribution >= 4 is 38.1 Å². The van der Waals surface area contributed by atoms with Gasteiger partial charge in [-0.3, -0.25) is 14.5 Å². The van der Waals surface area contributed by atoms with E-state index < -0.39 is 32.8 Å². The van der Waals surface area contributed by atoms with Gasteiger partial charge in [0, 0.05) is 18.1 Å². The molecule has 9 nitrogen and oxygen atoms in total. The van der Waals surface area contributed by atoms with Crippen molar-refractivity contribution in [1.82, 2.24) is 15.0 Å². The third-order valence-electron chi connectivity index (χ3n) is 6.18. The number of sulfonamides is 1. The van der Waals surface area contributed by atoms with Crippen LogP contribution in [0.25, 0.3) is 11.3 Å². The molecule has 0 atom stereocenters. The number of benzene rings is 1. The van der Waals surface area contributed by atoms with Gasteiger partial charge in [-0.05, 0) is 52.7 Å². The molecule has 192 valence electrons. The van der Waals surface area contributed by atoms with Gasteiger partial charge in [-0.25, -0.2) is 22.8 Å². The highest BCUT2D eigenvalue weighted by atomic mass is 32.2. The first-order valence-electron chi connectivity index (χ1n) is 11.3. The fourth-order valence-electron chi connectivity index (χ4n) is 3.26. The molecule has 0 radical (unpaired) electrons. The van der Waals surface area contributed by atoms with Gasteiger partial charge in [-0.2, -0.15) is 0 Å². The summed E-state index contributed by atoms with van der Waals surface area (Å²) in [6.45, 7) is 6.99. The predicted octanol–water partition coefficient (Wildman–Crippen LogP) is 4.44. The van der Waals surface area contributed by atoms with E-state index in [1.165, 1.54) is 18.3 Å². The Bertz CT molecular complexity index is 1400. The number of halogens is 1. The summed E-state index contributed by atoms with van der Waals surface area (Å²) in [5.74, 6) is -1.12. The molecule has 1 amide bonds. The third kappa shape index (κ3) is 5.40. The molecule has 2 N–H and O–H groups in total. The molecule has 0 aliphatic heterocycles. The van der Waals surface area contributed by atoms with Crippen LogP contribution < -0.4 is 10.0 Å². The Morgan fingerprint density at radius 1 is 1.14 bits per heavy atom. The molecule has 3 aromatic rings. The molecule has 1 aliphatic carbocycles. The summed E-state index contributed by atoms with van der Waals surface area (Å²) in [5, 5.41) is 4.06. The molecule has 12 heteroatoms. The highest BCUT2D eigenvalue weighted by molar-refractivity contribution is 7.93. The summed E-state index contributed by atoms with van der Waals surface area (Å²) in [5.41, 5.74) is 0.150. The highest BCUT2D eigenvalue weighted by Gasteiger charge is 2.37. The van der Waals surface area contributed by atoms with E-state index in [-0.39, 0.29) is 16.1 Å². The summed E-state index contributed by atoms with van der Waals surface area (Å²) >= 11 is 1.10. The number of nitrogens with one attached hydrogen (secondary N) is 2. The fraction of sp³-hybridized carbons (Fsp3) is 0.417. The van der Waals surface area contributed by atoms with Crippen LogP contribution in [-0.4, -0.2) is 41.6 Å². The van der Waals surface area contributed by atoms with E-state index in [4.69, 9.17) is 4.74 Å². The van der Waals surface area contributed by atoms with E-state index in [1.54, 1.807) is 38.6 Å². The molecular formula is C24H28FN5O4S2. The zero-order valence-corrected chi connectivity index (χ0v) is 22.3. The molecule has 1 aromatic carbocycles. The second-order valence-corrected chi connectivity index (χ2v) is 12.5. The maximum absolute atomic E-state index is 15.0. The molecular weight excluding hydrogens is 505 g/mol. The first kappa shape index (κ1) is 26.1. The lowest BCUT2D eigenvalue weighted by molar-refractivity contribution is -0.120. The topological polar surface area (TPSA) is 123 Å². The predicted molar refractivity (Wildman–Crippen MR) is 137 cm³/mol. The number of hydrogen-bond acceptors (Lipinski definition) is 8. The van der Waals surface area contributed by atoms with E-state index in [9.17, 15) is 17.6 Å². The van der Waals surface area contributed by atoms with Gasteiger partial charge in [0.05, 0.1) is 45.8 Å². The summed E-state index contributed by atoms with van der Waals surface area (Å²) in [4.78, 5) is 26.1. The SMILES string of the molecule is COC(C)(C)c1cncc(-c2ccc(NC(=O)C(C)(C)c3csc(NS(=O)(=O)C4CC4)n3)c(F)c2)n1. The molecule has 36 heavy (non-hydrogen) atoms. The van der Waals surface area contributed by atoms with Crippen molar-refractivity contribution in [1.29, 1.82) is 0 Å². The quantitative estimate of drug-likeness (QED) is 0.417. The minimum Gasteiger partial charge on any atom is -0.372 e. The summed E-state index contributed by atoms with van der Waals surface area (Å²) in [6.07, 6.45) is 4.40. The van der Waals surface area contributed by atoms with Gasteiger partial charge in [0.15, 0.2) is 5.13 Å². The first-order chi connectivity index (χ1) is 16.8. The van der Waals surface area contributed by atoms with Crippen molar-refractivity contribution in [3.8, 4) is 11.3 Å². The number of ether oxygens (including phenoxy) is 1. The molecule has 2 heterocycles. The van der Waals surface area contributed by atoms with Crippen LogP contribution in [0, 0.1) is 5.82 Å². The van der Waals surface area contributed by atoms with Gasteiger partial charge in [-0.15, -0.1) is 11.3 Å². The Hall–Kier alpha value is -2.96. The minimum atomic E-state index is -3.46. The smallest absolute Gasteiger partial charge is 0.237 e. The maximum atomic E-state index is 15.0. The van der Waals surface area contributed by atoms with Crippen LogP contribution in [0.5, 0.6) is 0 Å². The Balaban J connectivity index is 1.50. The molecule has 1 aliphatic rings. The van der Waals surface area contributed by atoms with E-state index in [0.717, 1.165) is 11.3 Å². The van der Waals surface area contributed by atoms with Gasteiger partial charge in [0.1, 0.15) is 11.4 Å². The Labute approximate surface area is 213 Å². The van der Waals surface area contributed by atoms with E-state index >= 15 is 0 Å². The number of rotatable bonds is 9. The third-order valence-corrected chi connectivity index (χ3v) is 8.89. The molecule has 2 aromatic heterocycles. The van der Waals surface area contributed by atoms with Gasteiger partial charge in [-0.1, -0.05) is 6.07 Å². The van der Waals surface area contributed by atoms with Crippen molar-refractivity contribution in [3.63, 3.8) is 0 Å². The van der Waals surface area contributed by atoms with Crippen LogP contribution in [0.15, 0.2) is 36.0 Å². The maximum Gasteiger partial charge on any atom is 0.237 e. The lowest BCUT2D eigenvalue weighted by Gasteiger charge is -2.22. The number of hydrogen-bond donors (Lipinski definition) is 2. The molecule has 1 saturated carbocycles. The number of nitrogens with zero attached hydrogens (tertiary/aromatic N) is 3. The average Bonchev–Trinajstić information content (AvgIpc) is 3.60. The average molecular weight is 534 g/mol. The molecule has 0 bridgehead atoms. The van der Waals surface area contributed by atoms with E-state index in [2.05, 4.69) is 25.0 Å². The number of thiazole rings is 1. The van der Waals surface area contributed by atoms with Crippen molar-refractivity contribution in [2.75, 3.05) is 17.1 Å². The van der Waals surface area contributed by atoms with Crippen molar-refractivity contribution in [2.45, 2.75) is 56.8 Å². The van der Waals surface area contributed by atoms with Crippen molar-refractivity contribution in [2.24, 2.45) is 0 Å². The second kappa shape index (κ2) is 9.49. The van der Waals surface area contributed by atoms with Crippen molar-refractivity contribution in [3.05, 3.63) is 53.2 Å². The van der Waals surface area contributed by atoms with Gasteiger partial charge in [0.25, 0.3) is 0 Å². The number of methoxy groups -OCH3 is 1. The van der Waals surface area contributed by atoms with Crippen LogP contribution in [0.4, 0.5) is 15.2 Å². The van der Waals surface area contributed by atoms with Crippen molar-refractivity contribution < 1.29 is 22.3 Å². The number of carbonyl (C=O) groups excluding carboxylic acids is 1. The number of anilines is 2. The zero-order valence-electron chi connectivity index (χ0n) is 20.6. The van der Waals surface area contributed by atoms with Crippen LogP contribution >= 0.6 is 11.3 Å². The van der Waals surface area contributed by atoms with Crippen LogP contribution in [0.2, 0.25) is 0 Å². The molecule has 0 spiro atoms. The lowest BCUT2D eigenvalue weighted by atomic mass is 9.89. The summed E-state index contributed by atoms with van der Waals surface area (Å²) in [6, 6.07) is 4.39. The highest BCUT2D eigenvalue weighted by Crippen LogP contribution is 2.33. The van der Waals surface area contributed by atoms with Gasteiger partial charge < -0.3 is 10.1 Å². The lowest BCUT2D eigenvalue weighted by Crippen LogP contribution is -2.35. The van der Waals surface area contributed by atoms with E-state index in [1.807, 2.05) is 13.8 Å². The Morgan fingerprint density at radius 3 is 2.50 bits per heavy atom. The number of carbonyl (C=O) groups is 1. The monoisotopic (exact) mass is 533 g/mol. The largest absolute Gasteiger partial charge is 0.372 e. The minimum absolute atomic E-state index is 0.00282. The second-order valence-electron chi connectivity index (χ2n) is 9.66. The normalized spacial score (nSPS) is 14.5. The molecule has 4 rings (SSSR count). The number of amides is 1. The molecule has 0 saturated heterocycles. The van der Waals surface area contributed by atoms with Gasteiger partial charge >= 0.3 is 0 Å². The zero-order chi connectivity index (χ0) is 26.3. The molecule has 1 fully saturated rings. The van der Waals surface area contributed by atoms with Crippen LogP contribution in [-0.2, 0) is 30.6 Å². The van der Waals surface area contributed by atoms with Crippen LogP contribution in [0.1, 0.15) is 51.9 Å². The fourth-order valence-corrected chi connectivity index (χ4v) is 5.74. The molecule has 0 unspecified atom stereocenters. The van der Waals surface area contributed by atoms with Crippen LogP contribution in [0.3, 0.4) is 0 Å². The van der Waals surface area contributed by atoms with Gasteiger partial charge in [0.2, 0.25) is 15.9 Å². The Morgan fingerprint density at radius 2 is 1.86 bits per heavy atom. The number of aromatic nitrogens is 3. The summed E-state index contributed by atoms with van der Waals surface area (Å²) in [7, 11) is -1.88. The standard InChI is InChI=1S/C24H28FN5O4S2/c1-23(2,20-13-35-22(29-20)30-36(32,33)15-7-8-15)21(31)28-17-9-6-14(10-16(17)25)18-11-26-12-19(27-18)24(3,4)34-5/h6,9-13,15H,7-8H2,1-5H3,(H,28,31)(H,29,30).